The Bertz CT molecular complexity index is 664. The van der Waals surface area contributed by atoms with E-state index in [-0.39, 0.29) is 29.0 Å². The predicted octanol–water partition coefficient (Wildman–Crippen LogP) is 3.74. The molecular formula is C23H36O5. The maximum absolute atomic E-state index is 11.8. The lowest BCUT2D eigenvalue weighted by Gasteiger charge is -2.59. The van der Waals surface area contributed by atoms with Crippen molar-refractivity contribution in [3.63, 3.8) is 0 Å². The molecule has 0 amide bonds. The molecule has 0 aromatic rings. The quantitative estimate of drug-likeness (QED) is 0.546. The monoisotopic (exact) mass is 392 g/mol. The van der Waals surface area contributed by atoms with Crippen molar-refractivity contribution in [3.05, 3.63) is 23.8 Å². The zero-order valence-corrected chi connectivity index (χ0v) is 17.8. The minimum absolute atomic E-state index is 0.0786. The van der Waals surface area contributed by atoms with Crippen molar-refractivity contribution in [1.29, 1.82) is 0 Å². The molecule has 0 aromatic carbocycles. The molecule has 3 saturated carbocycles. The van der Waals surface area contributed by atoms with E-state index in [4.69, 9.17) is 9.90 Å². The summed E-state index contributed by atoms with van der Waals surface area (Å²) in [6.45, 7) is 10.1. The Morgan fingerprint density at radius 1 is 1.18 bits per heavy atom. The second-order valence-corrected chi connectivity index (χ2v) is 9.13. The summed E-state index contributed by atoms with van der Waals surface area (Å²) in [7, 11) is 0. The first-order valence-electron chi connectivity index (χ1n) is 10.5. The Morgan fingerprint density at radius 3 is 2.39 bits per heavy atom. The van der Waals surface area contributed by atoms with E-state index in [1.807, 2.05) is 26.8 Å². The maximum atomic E-state index is 11.8. The second kappa shape index (κ2) is 8.11. The molecule has 0 bridgehead atoms. The van der Waals surface area contributed by atoms with Crippen LogP contribution in [0.2, 0.25) is 0 Å². The maximum Gasteiger partial charge on any atom is 0.290 e. The van der Waals surface area contributed by atoms with E-state index < -0.39 is 11.7 Å². The van der Waals surface area contributed by atoms with Gasteiger partial charge in [0.05, 0.1) is 11.7 Å². The van der Waals surface area contributed by atoms with Crippen molar-refractivity contribution in [2.75, 3.05) is 0 Å². The van der Waals surface area contributed by atoms with Crippen LogP contribution in [0.15, 0.2) is 23.8 Å². The molecule has 3 N–H and O–H groups in total. The van der Waals surface area contributed by atoms with Gasteiger partial charge in [0.25, 0.3) is 6.47 Å². The van der Waals surface area contributed by atoms with Crippen molar-refractivity contribution >= 4 is 12.3 Å². The standard InChI is InChI=1S/C20H28O3.C2H6.CH2O2/c1-18-8-6-13(21)10-12(18)4-5-14-15-7-9-20(3,23)19(15,2)11-16(22)17(14)18;1-2;2-1-3/h6,8,10,14-17,22-23H,4-5,7,9,11H2,1-3H3;1-2H3;1H,(H,2,3)/t14?,15?,16?,17-,18?,19?,20-;;/m1../s1. The van der Waals surface area contributed by atoms with Crippen LogP contribution in [0.4, 0.5) is 0 Å². The lowest BCUT2D eigenvalue weighted by Crippen LogP contribution is -2.58. The van der Waals surface area contributed by atoms with E-state index in [0.29, 0.717) is 18.3 Å². The van der Waals surface area contributed by atoms with Crippen molar-refractivity contribution in [3.8, 4) is 0 Å². The summed E-state index contributed by atoms with van der Waals surface area (Å²) in [4.78, 5) is 20.1. The first-order chi connectivity index (χ1) is 13.1. The lowest BCUT2D eigenvalue weighted by molar-refractivity contribution is -0.157. The smallest absolute Gasteiger partial charge is 0.290 e. The summed E-state index contributed by atoms with van der Waals surface area (Å²) in [5.41, 5.74) is 0.114. The van der Waals surface area contributed by atoms with Crippen LogP contribution in [0.1, 0.15) is 66.7 Å². The molecule has 0 aromatic heterocycles. The number of hydrogen-bond acceptors (Lipinski definition) is 4. The summed E-state index contributed by atoms with van der Waals surface area (Å²) < 4.78 is 0. The van der Waals surface area contributed by atoms with Crippen molar-refractivity contribution in [1.82, 2.24) is 0 Å². The molecule has 28 heavy (non-hydrogen) atoms. The average molecular weight is 393 g/mol. The summed E-state index contributed by atoms with van der Waals surface area (Å²) in [5, 5.41) is 28.9. The highest BCUT2D eigenvalue weighted by molar-refractivity contribution is 6.01. The van der Waals surface area contributed by atoms with E-state index in [1.54, 1.807) is 12.2 Å². The Labute approximate surface area is 168 Å². The number of rotatable bonds is 0. The van der Waals surface area contributed by atoms with Crippen LogP contribution in [0.3, 0.4) is 0 Å². The van der Waals surface area contributed by atoms with Gasteiger partial charge < -0.3 is 15.3 Å². The minimum Gasteiger partial charge on any atom is -0.483 e. The molecule has 4 rings (SSSR count). The summed E-state index contributed by atoms with van der Waals surface area (Å²) in [5.74, 6) is 1.14. The van der Waals surface area contributed by atoms with Crippen LogP contribution in [-0.2, 0) is 9.59 Å². The number of aliphatic hydroxyl groups excluding tert-OH is 1. The van der Waals surface area contributed by atoms with Crippen LogP contribution in [0.5, 0.6) is 0 Å². The molecule has 4 aliphatic rings. The number of carbonyl (C=O) groups excluding carboxylic acids is 1. The molecule has 0 heterocycles. The van der Waals surface area contributed by atoms with E-state index in [1.165, 1.54) is 5.57 Å². The van der Waals surface area contributed by atoms with Crippen LogP contribution in [0.25, 0.3) is 0 Å². The minimum atomic E-state index is -0.682. The van der Waals surface area contributed by atoms with Crippen LogP contribution >= 0.6 is 0 Å². The first kappa shape index (κ1) is 22.8. The molecular weight excluding hydrogens is 356 g/mol. The fraction of sp³-hybridized carbons (Fsp3) is 0.739. The molecule has 0 spiro atoms. The number of hydrogen-bond donors (Lipinski definition) is 3. The molecule has 158 valence electrons. The second-order valence-electron chi connectivity index (χ2n) is 9.13. The number of allylic oxidation sites excluding steroid dienone is 4. The topological polar surface area (TPSA) is 94.8 Å². The Balaban J connectivity index is 0.000000514. The molecule has 5 nitrogen and oxygen atoms in total. The van der Waals surface area contributed by atoms with Gasteiger partial charge in [0.15, 0.2) is 5.78 Å². The Hall–Kier alpha value is -1.46. The van der Waals surface area contributed by atoms with Crippen molar-refractivity contribution < 1.29 is 24.9 Å². The van der Waals surface area contributed by atoms with E-state index >= 15 is 0 Å². The normalized spacial score (nSPS) is 45.8. The van der Waals surface area contributed by atoms with Gasteiger partial charge in [0.2, 0.25) is 0 Å². The number of carbonyl (C=O) groups is 2. The molecule has 3 fully saturated rings. The summed E-state index contributed by atoms with van der Waals surface area (Å²) >= 11 is 0. The van der Waals surface area contributed by atoms with Gasteiger partial charge in [-0.3, -0.25) is 9.59 Å². The predicted molar refractivity (Wildman–Crippen MR) is 109 cm³/mol. The number of aliphatic hydroxyl groups is 2. The van der Waals surface area contributed by atoms with Crippen LogP contribution < -0.4 is 0 Å². The molecule has 7 atom stereocenters. The molecule has 4 aliphatic carbocycles. The van der Waals surface area contributed by atoms with Gasteiger partial charge in [-0.1, -0.05) is 39.3 Å². The van der Waals surface area contributed by atoms with Gasteiger partial charge in [-0.2, -0.15) is 0 Å². The number of ketones is 1. The van der Waals surface area contributed by atoms with Crippen LogP contribution in [-0.4, -0.2) is 39.3 Å². The lowest BCUT2D eigenvalue weighted by atomic mass is 9.46. The third-order valence-electron chi connectivity index (χ3n) is 8.06. The van der Waals surface area contributed by atoms with E-state index in [2.05, 4.69) is 13.8 Å². The molecule has 0 saturated heterocycles. The highest BCUT2D eigenvalue weighted by atomic mass is 16.3. The van der Waals surface area contributed by atoms with Gasteiger partial charge in [0.1, 0.15) is 0 Å². The summed E-state index contributed by atoms with van der Waals surface area (Å²) in [6, 6.07) is 0. The Morgan fingerprint density at radius 2 is 1.79 bits per heavy atom. The largest absolute Gasteiger partial charge is 0.483 e. The number of fused-ring (bicyclic) bond motifs is 5. The zero-order chi connectivity index (χ0) is 21.3. The Kier molecular flexibility index (Phi) is 6.61. The first-order valence-corrected chi connectivity index (χ1v) is 10.5. The molecule has 0 radical (unpaired) electrons. The van der Waals surface area contributed by atoms with Crippen LogP contribution in [0, 0.1) is 28.6 Å². The molecule has 0 aliphatic heterocycles. The molecule has 5 unspecified atom stereocenters. The van der Waals surface area contributed by atoms with Gasteiger partial charge in [-0.25, -0.2) is 0 Å². The third kappa shape index (κ3) is 3.37. The van der Waals surface area contributed by atoms with E-state index in [9.17, 15) is 15.0 Å². The van der Waals surface area contributed by atoms with Crippen molar-refractivity contribution in [2.45, 2.75) is 78.4 Å². The number of carboxylic acid groups (broad SMARTS) is 1. The third-order valence-corrected chi connectivity index (χ3v) is 8.06. The zero-order valence-electron chi connectivity index (χ0n) is 17.8. The molecule has 5 heteroatoms. The average Bonchev–Trinajstić information content (AvgIpc) is 2.87. The fourth-order valence-electron chi connectivity index (χ4n) is 6.55. The highest BCUT2D eigenvalue weighted by Crippen LogP contribution is 2.66. The van der Waals surface area contributed by atoms with Crippen molar-refractivity contribution in [2.24, 2.45) is 28.6 Å². The summed E-state index contributed by atoms with van der Waals surface area (Å²) in [6.07, 6.45) is 9.61. The SMILES string of the molecule is CC.CC12C=CC(=O)C=C1CCC1C3CC[C@@](C)(O)C3(C)CC(O)[C@@H]12.O=CO. The fourth-order valence-corrected chi connectivity index (χ4v) is 6.55. The van der Waals surface area contributed by atoms with E-state index in [0.717, 1.165) is 25.7 Å². The highest BCUT2D eigenvalue weighted by Gasteiger charge is 2.64. The van der Waals surface area contributed by atoms with Gasteiger partial charge in [-0.15, -0.1) is 0 Å². The van der Waals surface area contributed by atoms with Gasteiger partial charge >= 0.3 is 0 Å². The van der Waals surface area contributed by atoms with Gasteiger partial charge in [0, 0.05) is 16.7 Å². The van der Waals surface area contributed by atoms with Gasteiger partial charge in [-0.05, 0) is 63.0 Å².